The Balaban J connectivity index is 2.70. The minimum Gasteiger partial charge on any atom is -0.396 e. The van der Waals surface area contributed by atoms with Crippen molar-refractivity contribution in [2.75, 3.05) is 11.9 Å². The molecule has 2 N–H and O–H groups in total. The molecular formula is C10H16ClN3O. The molecular weight excluding hydrogens is 214 g/mol. The van der Waals surface area contributed by atoms with Crippen LogP contribution in [0.2, 0.25) is 5.02 Å². The van der Waals surface area contributed by atoms with Crippen molar-refractivity contribution in [3.63, 3.8) is 0 Å². The monoisotopic (exact) mass is 229 g/mol. The van der Waals surface area contributed by atoms with Crippen LogP contribution in [-0.4, -0.2) is 27.2 Å². The van der Waals surface area contributed by atoms with Crippen LogP contribution < -0.4 is 5.32 Å². The zero-order valence-corrected chi connectivity index (χ0v) is 9.75. The molecule has 0 saturated carbocycles. The normalized spacial score (nSPS) is 14.7. The Morgan fingerprint density at radius 2 is 2.07 bits per heavy atom. The van der Waals surface area contributed by atoms with E-state index >= 15 is 0 Å². The quantitative estimate of drug-likeness (QED) is 0.812. The van der Waals surface area contributed by atoms with Gasteiger partial charge in [-0.15, -0.1) is 0 Å². The third kappa shape index (κ3) is 3.64. The maximum Gasteiger partial charge on any atom is 0.223 e. The molecule has 0 bridgehead atoms. The van der Waals surface area contributed by atoms with E-state index in [2.05, 4.69) is 22.2 Å². The van der Waals surface area contributed by atoms with Gasteiger partial charge in [-0.25, -0.2) is 9.97 Å². The van der Waals surface area contributed by atoms with Gasteiger partial charge < -0.3 is 10.4 Å². The van der Waals surface area contributed by atoms with Gasteiger partial charge in [0.05, 0.1) is 17.4 Å². The number of aliphatic hydroxyl groups is 1. The summed E-state index contributed by atoms with van der Waals surface area (Å²) in [5.74, 6) is 0.539. The average molecular weight is 230 g/mol. The fourth-order valence-electron chi connectivity index (χ4n) is 1.22. The predicted molar refractivity (Wildman–Crippen MR) is 61.1 cm³/mol. The molecule has 0 spiro atoms. The SMILES string of the molecule is CCC(C)(CCO)Nc1ncc(Cl)cn1. The predicted octanol–water partition coefficient (Wildman–Crippen LogP) is 2.09. The molecule has 0 fully saturated rings. The summed E-state index contributed by atoms with van der Waals surface area (Å²) in [6.45, 7) is 4.23. The van der Waals surface area contributed by atoms with Gasteiger partial charge in [0, 0.05) is 12.1 Å². The molecule has 1 aromatic rings. The molecule has 84 valence electrons. The molecule has 0 aliphatic rings. The summed E-state index contributed by atoms with van der Waals surface area (Å²) in [5, 5.41) is 12.7. The van der Waals surface area contributed by atoms with Crippen LogP contribution in [-0.2, 0) is 0 Å². The lowest BCUT2D eigenvalue weighted by atomic mass is 9.95. The van der Waals surface area contributed by atoms with Crippen LogP contribution in [0.3, 0.4) is 0 Å². The Labute approximate surface area is 94.7 Å². The molecule has 15 heavy (non-hydrogen) atoms. The Kier molecular flexibility index (Phi) is 4.29. The first-order valence-electron chi connectivity index (χ1n) is 4.96. The molecule has 4 nitrogen and oxygen atoms in total. The number of aliphatic hydroxyl groups excluding tert-OH is 1. The first-order valence-corrected chi connectivity index (χ1v) is 5.34. The molecule has 1 rings (SSSR count). The Morgan fingerprint density at radius 1 is 1.47 bits per heavy atom. The summed E-state index contributed by atoms with van der Waals surface area (Å²) in [6, 6.07) is 0. The summed E-state index contributed by atoms with van der Waals surface area (Å²) in [4.78, 5) is 8.12. The number of hydrogen-bond donors (Lipinski definition) is 2. The summed E-state index contributed by atoms with van der Waals surface area (Å²) in [6.07, 6.45) is 4.65. The summed E-state index contributed by atoms with van der Waals surface area (Å²) in [7, 11) is 0. The number of anilines is 1. The number of rotatable bonds is 5. The van der Waals surface area contributed by atoms with Gasteiger partial charge in [-0.2, -0.15) is 0 Å². The highest BCUT2D eigenvalue weighted by molar-refractivity contribution is 6.30. The standard InChI is InChI=1S/C10H16ClN3O/c1-3-10(2,4-5-15)14-9-12-6-8(11)7-13-9/h6-7,15H,3-5H2,1-2H3,(H,12,13,14). The van der Waals surface area contributed by atoms with Gasteiger partial charge in [-0.1, -0.05) is 18.5 Å². The van der Waals surface area contributed by atoms with Crippen LogP contribution in [0.5, 0.6) is 0 Å². The zero-order valence-electron chi connectivity index (χ0n) is 9.00. The van der Waals surface area contributed by atoms with Crippen molar-refractivity contribution < 1.29 is 5.11 Å². The first-order chi connectivity index (χ1) is 7.09. The molecule has 1 heterocycles. The van der Waals surface area contributed by atoms with E-state index in [9.17, 15) is 0 Å². The molecule has 0 aliphatic carbocycles. The van der Waals surface area contributed by atoms with Crippen LogP contribution >= 0.6 is 11.6 Å². The van der Waals surface area contributed by atoms with E-state index in [1.807, 2.05) is 6.92 Å². The largest absolute Gasteiger partial charge is 0.396 e. The van der Waals surface area contributed by atoms with Crippen molar-refractivity contribution in [3.8, 4) is 0 Å². The minimum atomic E-state index is -0.178. The van der Waals surface area contributed by atoms with E-state index < -0.39 is 0 Å². The van der Waals surface area contributed by atoms with Crippen LogP contribution in [0, 0.1) is 0 Å². The fourth-order valence-corrected chi connectivity index (χ4v) is 1.32. The number of halogens is 1. The maximum absolute atomic E-state index is 8.95. The third-order valence-corrected chi connectivity index (χ3v) is 2.67. The van der Waals surface area contributed by atoms with Gasteiger partial charge in [-0.05, 0) is 19.8 Å². The maximum atomic E-state index is 8.95. The zero-order chi connectivity index (χ0) is 11.3. The lowest BCUT2D eigenvalue weighted by molar-refractivity contribution is 0.251. The van der Waals surface area contributed by atoms with Gasteiger partial charge >= 0.3 is 0 Å². The van der Waals surface area contributed by atoms with Gasteiger partial charge in [0.15, 0.2) is 0 Å². The van der Waals surface area contributed by atoms with Crippen molar-refractivity contribution in [1.29, 1.82) is 0 Å². The van der Waals surface area contributed by atoms with Gasteiger partial charge in [0.1, 0.15) is 0 Å². The lowest BCUT2D eigenvalue weighted by Gasteiger charge is -2.28. The molecule has 1 atom stereocenters. The van der Waals surface area contributed by atoms with Crippen LogP contribution in [0.15, 0.2) is 12.4 Å². The number of aromatic nitrogens is 2. The topological polar surface area (TPSA) is 58.0 Å². The second-order valence-corrected chi connectivity index (χ2v) is 4.17. The number of nitrogens with one attached hydrogen (secondary N) is 1. The Morgan fingerprint density at radius 3 is 2.53 bits per heavy atom. The van der Waals surface area contributed by atoms with Crippen molar-refractivity contribution in [2.24, 2.45) is 0 Å². The van der Waals surface area contributed by atoms with Crippen LogP contribution in [0.4, 0.5) is 5.95 Å². The molecule has 5 heteroatoms. The molecule has 1 unspecified atom stereocenters. The van der Waals surface area contributed by atoms with Crippen molar-refractivity contribution >= 4 is 17.5 Å². The summed E-state index contributed by atoms with van der Waals surface area (Å²) >= 11 is 5.69. The van der Waals surface area contributed by atoms with E-state index in [1.165, 1.54) is 0 Å². The third-order valence-electron chi connectivity index (χ3n) is 2.48. The van der Waals surface area contributed by atoms with E-state index in [0.717, 1.165) is 6.42 Å². The summed E-state index contributed by atoms with van der Waals surface area (Å²) in [5.41, 5.74) is -0.178. The molecule has 0 aliphatic heterocycles. The van der Waals surface area contributed by atoms with Gasteiger partial charge in [0.2, 0.25) is 5.95 Å². The second-order valence-electron chi connectivity index (χ2n) is 3.74. The van der Waals surface area contributed by atoms with E-state index in [-0.39, 0.29) is 12.1 Å². The highest BCUT2D eigenvalue weighted by atomic mass is 35.5. The van der Waals surface area contributed by atoms with Gasteiger partial charge in [0.25, 0.3) is 0 Å². The molecule has 1 aromatic heterocycles. The second kappa shape index (κ2) is 5.28. The fraction of sp³-hybridized carbons (Fsp3) is 0.600. The van der Waals surface area contributed by atoms with Crippen molar-refractivity contribution in [1.82, 2.24) is 9.97 Å². The first kappa shape index (κ1) is 12.2. The van der Waals surface area contributed by atoms with E-state index in [1.54, 1.807) is 12.4 Å². The van der Waals surface area contributed by atoms with Crippen LogP contribution in [0.25, 0.3) is 0 Å². The highest BCUT2D eigenvalue weighted by Gasteiger charge is 2.21. The van der Waals surface area contributed by atoms with Crippen molar-refractivity contribution in [2.45, 2.75) is 32.2 Å². The number of hydrogen-bond acceptors (Lipinski definition) is 4. The Hall–Kier alpha value is -0.870. The Bertz CT molecular complexity index is 304. The van der Waals surface area contributed by atoms with E-state index in [4.69, 9.17) is 16.7 Å². The smallest absolute Gasteiger partial charge is 0.223 e. The lowest BCUT2D eigenvalue weighted by Crippen LogP contribution is -2.35. The minimum absolute atomic E-state index is 0.144. The summed E-state index contributed by atoms with van der Waals surface area (Å²) < 4.78 is 0. The molecule has 0 saturated heterocycles. The average Bonchev–Trinajstić information content (AvgIpc) is 2.22. The van der Waals surface area contributed by atoms with Crippen LogP contribution in [0.1, 0.15) is 26.7 Å². The molecule has 0 aromatic carbocycles. The highest BCUT2D eigenvalue weighted by Crippen LogP contribution is 2.19. The molecule has 0 radical (unpaired) electrons. The van der Waals surface area contributed by atoms with Gasteiger partial charge in [-0.3, -0.25) is 0 Å². The number of nitrogens with zero attached hydrogens (tertiary/aromatic N) is 2. The van der Waals surface area contributed by atoms with Crippen molar-refractivity contribution in [3.05, 3.63) is 17.4 Å². The van der Waals surface area contributed by atoms with E-state index in [0.29, 0.717) is 17.4 Å². The molecule has 0 amide bonds.